The molecule has 0 unspecified atom stereocenters. The standard InChI is InChI=1S/C27H23F2N5O3.C3H8.C2H6/c1-31-11-24(35)37-14-18-9-21(28)22(29)10-19(18)15-6-7-23-20(8-15)25(33-27(30)32-23)26(36)34-12-16-4-2-3-5-17(16)13-34;1-3-2;1-2/h2-10,31H,11-14H2,1H3,(H2,30,32,33);3H2,1-2H3;1-2H3. The van der Waals surface area contributed by atoms with Crippen molar-refractivity contribution in [2.45, 2.75) is 53.8 Å². The number of aromatic nitrogens is 2. The number of likely N-dealkylation sites (N-methyl/N-ethyl adjacent to an activating group) is 1. The molecule has 4 aromatic rings. The normalized spacial score (nSPS) is 11.6. The van der Waals surface area contributed by atoms with Crippen LogP contribution in [0.15, 0.2) is 54.6 Å². The third-order valence-electron chi connectivity index (χ3n) is 6.21. The summed E-state index contributed by atoms with van der Waals surface area (Å²) in [5.74, 6) is -3.03. The van der Waals surface area contributed by atoms with Crippen LogP contribution in [0.5, 0.6) is 0 Å². The highest BCUT2D eigenvalue weighted by atomic mass is 19.2. The van der Waals surface area contributed by atoms with E-state index in [1.54, 1.807) is 30.1 Å². The Morgan fingerprint density at radius 3 is 2.21 bits per heavy atom. The molecule has 3 aromatic carbocycles. The van der Waals surface area contributed by atoms with Gasteiger partial charge in [-0.25, -0.2) is 18.7 Å². The Bertz CT molecular complexity index is 1540. The number of nitrogens with one attached hydrogen (secondary N) is 1. The maximum Gasteiger partial charge on any atom is 0.320 e. The zero-order valence-corrected chi connectivity index (χ0v) is 24.6. The zero-order chi connectivity index (χ0) is 30.8. The van der Waals surface area contributed by atoms with Crippen LogP contribution in [0.2, 0.25) is 0 Å². The lowest BCUT2D eigenvalue weighted by molar-refractivity contribution is -0.143. The average Bonchev–Trinajstić information content (AvgIpc) is 3.43. The van der Waals surface area contributed by atoms with Crippen LogP contribution in [0.4, 0.5) is 14.7 Å². The quantitative estimate of drug-likeness (QED) is 0.270. The number of nitrogens with two attached hydrogens (primary N) is 1. The number of amides is 1. The monoisotopic (exact) mass is 577 g/mol. The van der Waals surface area contributed by atoms with E-state index in [1.165, 1.54) is 6.42 Å². The summed E-state index contributed by atoms with van der Waals surface area (Å²) in [5.41, 5.74) is 9.61. The van der Waals surface area contributed by atoms with Crippen LogP contribution < -0.4 is 11.1 Å². The number of halogens is 2. The van der Waals surface area contributed by atoms with Crippen LogP contribution in [0.1, 0.15) is 61.3 Å². The minimum atomic E-state index is -1.07. The Kier molecular flexibility index (Phi) is 11.4. The van der Waals surface area contributed by atoms with Crippen LogP contribution in [-0.4, -0.2) is 40.3 Å². The maximum atomic E-state index is 14.3. The molecule has 222 valence electrons. The second-order valence-electron chi connectivity index (χ2n) is 9.41. The van der Waals surface area contributed by atoms with Gasteiger partial charge in [-0.1, -0.05) is 64.4 Å². The molecule has 0 radical (unpaired) electrons. The van der Waals surface area contributed by atoms with E-state index in [9.17, 15) is 18.4 Å². The Labute approximate surface area is 244 Å². The molecule has 3 N–H and O–H groups in total. The van der Waals surface area contributed by atoms with Crippen LogP contribution in [0.3, 0.4) is 0 Å². The van der Waals surface area contributed by atoms with Gasteiger partial charge in [-0.3, -0.25) is 9.59 Å². The van der Waals surface area contributed by atoms with Gasteiger partial charge in [0.25, 0.3) is 5.91 Å². The van der Waals surface area contributed by atoms with Crippen LogP contribution >= 0.6 is 0 Å². The molecule has 0 spiro atoms. The first kappa shape index (κ1) is 32.1. The molecule has 0 aliphatic carbocycles. The first-order chi connectivity index (χ1) is 20.2. The molecule has 0 bridgehead atoms. The molecular weight excluding hydrogens is 540 g/mol. The zero-order valence-electron chi connectivity index (χ0n) is 24.6. The van der Waals surface area contributed by atoms with Crippen molar-refractivity contribution in [1.82, 2.24) is 20.2 Å². The van der Waals surface area contributed by atoms with Crippen molar-refractivity contribution in [1.29, 1.82) is 0 Å². The molecular formula is C32H37F2N5O3. The number of hydrogen-bond donors (Lipinski definition) is 2. The highest BCUT2D eigenvalue weighted by Gasteiger charge is 2.27. The summed E-state index contributed by atoms with van der Waals surface area (Å²) in [6.07, 6.45) is 1.25. The first-order valence-corrected chi connectivity index (χ1v) is 14.0. The first-order valence-electron chi connectivity index (χ1n) is 14.0. The summed E-state index contributed by atoms with van der Waals surface area (Å²) in [4.78, 5) is 35.5. The van der Waals surface area contributed by atoms with Crippen molar-refractivity contribution >= 4 is 28.7 Å². The fraction of sp³-hybridized carbons (Fsp3) is 0.312. The minimum Gasteiger partial charge on any atom is -0.460 e. The average molecular weight is 578 g/mol. The number of fused-ring (bicyclic) bond motifs is 2. The molecule has 42 heavy (non-hydrogen) atoms. The molecule has 10 heteroatoms. The largest absolute Gasteiger partial charge is 0.460 e. The van der Waals surface area contributed by atoms with Crippen LogP contribution in [0.25, 0.3) is 22.0 Å². The highest BCUT2D eigenvalue weighted by Crippen LogP contribution is 2.32. The number of esters is 1. The summed E-state index contributed by atoms with van der Waals surface area (Å²) in [6.45, 7) is 8.83. The lowest BCUT2D eigenvalue weighted by atomic mass is 9.97. The van der Waals surface area contributed by atoms with Gasteiger partial charge in [0.05, 0.1) is 12.1 Å². The molecule has 0 saturated heterocycles. The lowest BCUT2D eigenvalue weighted by Gasteiger charge is -2.17. The molecule has 0 fully saturated rings. The number of ether oxygens (including phenoxy) is 1. The fourth-order valence-electron chi connectivity index (χ4n) is 4.43. The van der Waals surface area contributed by atoms with Gasteiger partial charge in [-0.2, -0.15) is 0 Å². The van der Waals surface area contributed by atoms with Crippen molar-refractivity contribution in [3.63, 3.8) is 0 Å². The third kappa shape index (κ3) is 7.44. The van der Waals surface area contributed by atoms with Crippen molar-refractivity contribution in [2.24, 2.45) is 0 Å². The summed E-state index contributed by atoms with van der Waals surface area (Å²) >= 11 is 0. The van der Waals surface area contributed by atoms with E-state index in [4.69, 9.17) is 10.5 Å². The van der Waals surface area contributed by atoms with E-state index in [0.717, 1.165) is 23.3 Å². The Morgan fingerprint density at radius 1 is 0.976 bits per heavy atom. The number of rotatable bonds is 6. The van der Waals surface area contributed by atoms with Crippen LogP contribution in [-0.2, 0) is 29.2 Å². The molecule has 2 heterocycles. The third-order valence-corrected chi connectivity index (χ3v) is 6.21. The fourth-order valence-corrected chi connectivity index (χ4v) is 4.43. The number of nitrogens with zero attached hydrogens (tertiary/aromatic N) is 3. The van der Waals surface area contributed by atoms with E-state index in [1.807, 2.05) is 38.1 Å². The maximum absolute atomic E-state index is 14.3. The van der Waals surface area contributed by atoms with Gasteiger partial charge in [0, 0.05) is 24.0 Å². The van der Waals surface area contributed by atoms with E-state index < -0.39 is 17.6 Å². The van der Waals surface area contributed by atoms with E-state index in [2.05, 4.69) is 29.1 Å². The molecule has 1 aliphatic rings. The van der Waals surface area contributed by atoms with Gasteiger partial charge in [0.15, 0.2) is 11.6 Å². The summed E-state index contributed by atoms with van der Waals surface area (Å²) in [6, 6.07) is 14.7. The molecule has 1 aromatic heterocycles. The van der Waals surface area contributed by atoms with Crippen molar-refractivity contribution in [3.05, 3.63) is 88.6 Å². The van der Waals surface area contributed by atoms with Gasteiger partial charge in [-0.15, -0.1) is 0 Å². The predicted molar refractivity (Wildman–Crippen MR) is 160 cm³/mol. The van der Waals surface area contributed by atoms with Crippen molar-refractivity contribution in [3.8, 4) is 11.1 Å². The molecule has 5 rings (SSSR count). The van der Waals surface area contributed by atoms with Crippen molar-refractivity contribution < 1.29 is 23.1 Å². The van der Waals surface area contributed by atoms with Gasteiger partial charge < -0.3 is 20.7 Å². The Balaban J connectivity index is 0.000000910. The molecule has 0 atom stereocenters. The second-order valence-corrected chi connectivity index (χ2v) is 9.41. The number of benzene rings is 3. The van der Waals surface area contributed by atoms with Gasteiger partial charge in [0.1, 0.15) is 12.3 Å². The van der Waals surface area contributed by atoms with Gasteiger partial charge in [0.2, 0.25) is 5.95 Å². The molecule has 0 saturated carbocycles. The van der Waals surface area contributed by atoms with Gasteiger partial charge >= 0.3 is 5.97 Å². The lowest BCUT2D eigenvalue weighted by Crippen LogP contribution is -2.27. The topological polar surface area (TPSA) is 110 Å². The summed E-state index contributed by atoms with van der Waals surface area (Å²) in [7, 11) is 1.59. The summed E-state index contributed by atoms with van der Waals surface area (Å²) < 4.78 is 33.6. The number of hydrogen-bond acceptors (Lipinski definition) is 7. The van der Waals surface area contributed by atoms with E-state index in [-0.39, 0.29) is 36.3 Å². The SMILES string of the molecule is CC.CCC.CNCC(=O)OCc1cc(F)c(F)cc1-c1ccc2nc(N)nc(C(=O)N3Cc4ccccc4C3)c2c1. The Morgan fingerprint density at radius 2 is 1.60 bits per heavy atom. The predicted octanol–water partition coefficient (Wildman–Crippen LogP) is 6.02. The minimum absolute atomic E-state index is 0.0282. The molecule has 1 amide bonds. The summed E-state index contributed by atoms with van der Waals surface area (Å²) in [5, 5.41) is 3.08. The smallest absolute Gasteiger partial charge is 0.320 e. The molecule has 1 aliphatic heterocycles. The number of carbonyl (C=O) groups excluding carboxylic acids is 2. The van der Waals surface area contributed by atoms with E-state index >= 15 is 0 Å². The number of nitrogen functional groups attached to an aromatic ring is 1. The molecule has 8 nitrogen and oxygen atoms in total. The highest BCUT2D eigenvalue weighted by molar-refractivity contribution is 6.06. The van der Waals surface area contributed by atoms with E-state index in [0.29, 0.717) is 35.1 Å². The van der Waals surface area contributed by atoms with Gasteiger partial charge in [-0.05, 0) is 53.6 Å². The second kappa shape index (κ2) is 15.0. The Hall–Kier alpha value is -4.44. The number of carbonyl (C=O) groups is 2. The van der Waals surface area contributed by atoms with Crippen LogP contribution in [0, 0.1) is 11.6 Å². The van der Waals surface area contributed by atoms with Crippen molar-refractivity contribution in [2.75, 3.05) is 19.3 Å². The number of anilines is 1.